The average molecular weight is 269 g/mol. The molecule has 0 aliphatic carbocycles. The van der Waals surface area contributed by atoms with Crippen molar-refractivity contribution in [3.63, 3.8) is 0 Å². The van der Waals surface area contributed by atoms with Crippen LogP contribution in [-0.4, -0.2) is 26.0 Å². The van der Waals surface area contributed by atoms with Gasteiger partial charge in [0.1, 0.15) is 6.54 Å². The Morgan fingerprint density at radius 2 is 2.11 bits per heavy atom. The summed E-state index contributed by atoms with van der Waals surface area (Å²) >= 11 is 0. The minimum Gasteiger partial charge on any atom is -0.308 e. The number of halogens is 2. The highest BCUT2D eigenvalue weighted by Crippen LogP contribution is 2.05. The summed E-state index contributed by atoms with van der Waals surface area (Å²) in [5.41, 5.74) is 3.01. The highest BCUT2D eigenvalue weighted by Gasteiger charge is 2.06. The quantitative estimate of drug-likeness (QED) is 0.864. The average Bonchev–Trinajstić information content (AvgIpc) is 2.86. The lowest BCUT2D eigenvalue weighted by Crippen LogP contribution is -2.12. The number of hydrogen-bond acceptors (Lipinski definition) is 3. The van der Waals surface area contributed by atoms with Gasteiger partial charge in [0.15, 0.2) is 0 Å². The van der Waals surface area contributed by atoms with Crippen molar-refractivity contribution in [1.29, 1.82) is 0 Å². The predicted octanol–water partition coefficient (Wildman–Crippen LogP) is 1.48. The van der Waals surface area contributed by atoms with Gasteiger partial charge in [0, 0.05) is 43.7 Å². The molecule has 0 radical (unpaired) electrons. The van der Waals surface area contributed by atoms with Crippen molar-refractivity contribution in [3.05, 3.63) is 35.4 Å². The first-order valence-electron chi connectivity index (χ1n) is 6.04. The van der Waals surface area contributed by atoms with Gasteiger partial charge in [-0.1, -0.05) is 0 Å². The van der Waals surface area contributed by atoms with E-state index in [2.05, 4.69) is 15.5 Å². The van der Waals surface area contributed by atoms with Crippen molar-refractivity contribution in [2.24, 2.45) is 7.05 Å². The first-order valence-corrected chi connectivity index (χ1v) is 6.04. The summed E-state index contributed by atoms with van der Waals surface area (Å²) in [5, 5.41) is 11.4. The Morgan fingerprint density at radius 3 is 2.74 bits per heavy atom. The van der Waals surface area contributed by atoms with E-state index in [-0.39, 0.29) is 6.54 Å². The molecule has 2 aromatic heterocycles. The van der Waals surface area contributed by atoms with Crippen molar-refractivity contribution in [2.45, 2.75) is 33.0 Å². The number of nitrogens with one attached hydrogen (secondary N) is 1. The van der Waals surface area contributed by atoms with Gasteiger partial charge in [-0.25, -0.2) is 8.78 Å². The predicted molar refractivity (Wildman–Crippen MR) is 66.7 cm³/mol. The standard InChI is InChI=1S/C12H17F2N5/c1-9-11(7-18(2)17-9)5-15-3-10-4-16-19(6-10)8-12(13)14/h4,6-7,12,15H,3,5,8H2,1-2H3. The largest absolute Gasteiger partial charge is 0.308 e. The fourth-order valence-corrected chi connectivity index (χ4v) is 1.90. The van der Waals surface area contributed by atoms with Gasteiger partial charge in [-0.05, 0) is 6.92 Å². The Balaban J connectivity index is 1.82. The topological polar surface area (TPSA) is 47.7 Å². The van der Waals surface area contributed by atoms with Gasteiger partial charge in [-0.2, -0.15) is 10.2 Å². The van der Waals surface area contributed by atoms with Crippen LogP contribution in [0.25, 0.3) is 0 Å². The molecule has 0 saturated carbocycles. The minimum atomic E-state index is -2.38. The SMILES string of the molecule is Cc1nn(C)cc1CNCc1cnn(CC(F)F)c1. The fourth-order valence-electron chi connectivity index (χ4n) is 1.90. The van der Waals surface area contributed by atoms with E-state index in [9.17, 15) is 8.78 Å². The second-order valence-electron chi connectivity index (χ2n) is 4.48. The molecule has 2 aromatic rings. The monoisotopic (exact) mass is 269 g/mol. The van der Waals surface area contributed by atoms with Crippen molar-refractivity contribution < 1.29 is 8.78 Å². The minimum absolute atomic E-state index is 0.359. The lowest BCUT2D eigenvalue weighted by atomic mass is 10.2. The molecule has 0 unspecified atom stereocenters. The molecule has 2 heterocycles. The van der Waals surface area contributed by atoms with E-state index in [1.165, 1.54) is 4.68 Å². The summed E-state index contributed by atoms with van der Waals surface area (Å²) in [7, 11) is 1.88. The van der Waals surface area contributed by atoms with Crippen LogP contribution in [0.3, 0.4) is 0 Å². The number of alkyl halides is 2. The third kappa shape index (κ3) is 3.85. The molecule has 0 aliphatic heterocycles. The zero-order chi connectivity index (χ0) is 13.8. The summed E-state index contributed by atoms with van der Waals surface area (Å²) in [6, 6.07) is 0. The highest BCUT2D eigenvalue weighted by atomic mass is 19.3. The lowest BCUT2D eigenvalue weighted by molar-refractivity contribution is 0.122. The Labute approximate surface area is 110 Å². The molecule has 0 aromatic carbocycles. The van der Waals surface area contributed by atoms with E-state index >= 15 is 0 Å². The van der Waals surface area contributed by atoms with Gasteiger partial charge in [-0.15, -0.1) is 0 Å². The zero-order valence-electron chi connectivity index (χ0n) is 11.0. The van der Waals surface area contributed by atoms with Gasteiger partial charge in [0.25, 0.3) is 6.43 Å². The van der Waals surface area contributed by atoms with Gasteiger partial charge in [-0.3, -0.25) is 9.36 Å². The normalized spacial score (nSPS) is 11.4. The van der Waals surface area contributed by atoms with Crippen LogP contribution in [0.2, 0.25) is 0 Å². The summed E-state index contributed by atoms with van der Waals surface area (Å²) < 4.78 is 27.4. The molecule has 2 rings (SSSR count). The Hall–Kier alpha value is -1.76. The third-order valence-electron chi connectivity index (χ3n) is 2.77. The highest BCUT2D eigenvalue weighted by molar-refractivity contribution is 5.15. The molecule has 0 fully saturated rings. The molecule has 0 saturated heterocycles. The molecule has 0 bridgehead atoms. The summed E-state index contributed by atoms with van der Waals surface area (Å²) in [4.78, 5) is 0. The van der Waals surface area contributed by atoms with E-state index in [4.69, 9.17) is 0 Å². The lowest BCUT2D eigenvalue weighted by Gasteiger charge is -2.01. The van der Waals surface area contributed by atoms with Crippen LogP contribution in [0.5, 0.6) is 0 Å². The van der Waals surface area contributed by atoms with Gasteiger partial charge < -0.3 is 5.32 Å². The van der Waals surface area contributed by atoms with Crippen LogP contribution in [0.15, 0.2) is 18.6 Å². The second-order valence-corrected chi connectivity index (χ2v) is 4.48. The number of rotatable bonds is 6. The molecule has 0 spiro atoms. The van der Waals surface area contributed by atoms with Crippen LogP contribution < -0.4 is 5.32 Å². The van der Waals surface area contributed by atoms with Crippen LogP contribution in [0, 0.1) is 6.92 Å². The molecule has 1 N–H and O–H groups in total. The molecule has 5 nitrogen and oxygen atoms in total. The summed E-state index contributed by atoms with van der Waals surface area (Å²) in [6.45, 7) is 2.89. The van der Waals surface area contributed by atoms with Crippen LogP contribution >= 0.6 is 0 Å². The Kier molecular flexibility index (Phi) is 4.26. The smallest absolute Gasteiger partial charge is 0.257 e. The van der Waals surface area contributed by atoms with Gasteiger partial charge in [0.05, 0.1) is 11.9 Å². The van der Waals surface area contributed by atoms with Gasteiger partial charge >= 0.3 is 0 Å². The molecule has 104 valence electrons. The van der Waals surface area contributed by atoms with Crippen molar-refractivity contribution in [3.8, 4) is 0 Å². The van der Waals surface area contributed by atoms with Crippen LogP contribution in [0.1, 0.15) is 16.8 Å². The fraction of sp³-hybridized carbons (Fsp3) is 0.500. The van der Waals surface area contributed by atoms with E-state index in [0.29, 0.717) is 13.1 Å². The Bertz CT molecular complexity index is 532. The number of aryl methyl sites for hydroxylation is 2. The first-order chi connectivity index (χ1) is 9.04. The van der Waals surface area contributed by atoms with Crippen molar-refractivity contribution in [1.82, 2.24) is 24.9 Å². The van der Waals surface area contributed by atoms with E-state index < -0.39 is 6.43 Å². The van der Waals surface area contributed by atoms with Crippen molar-refractivity contribution in [2.75, 3.05) is 0 Å². The van der Waals surface area contributed by atoms with E-state index in [1.54, 1.807) is 17.1 Å². The molecule has 0 atom stereocenters. The summed E-state index contributed by atoms with van der Waals surface area (Å²) in [6.07, 6.45) is 2.82. The van der Waals surface area contributed by atoms with E-state index in [0.717, 1.165) is 16.8 Å². The number of nitrogens with zero attached hydrogens (tertiary/aromatic N) is 4. The molecule has 0 amide bonds. The molecule has 7 heteroatoms. The second kappa shape index (κ2) is 5.92. The zero-order valence-corrected chi connectivity index (χ0v) is 11.0. The third-order valence-corrected chi connectivity index (χ3v) is 2.77. The Morgan fingerprint density at radius 1 is 1.32 bits per heavy atom. The van der Waals surface area contributed by atoms with Crippen LogP contribution in [0.4, 0.5) is 8.78 Å². The molecule has 19 heavy (non-hydrogen) atoms. The maximum atomic E-state index is 12.2. The van der Waals surface area contributed by atoms with Gasteiger partial charge in [0.2, 0.25) is 0 Å². The maximum Gasteiger partial charge on any atom is 0.257 e. The molecular formula is C12H17F2N5. The molecule has 0 aliphatic rings. The van der Waals surface area contributed by atoms with Crippen molar-refractivity contribution >= 4 is 0 Å². The number of hydrogen-bond donors (Lipinski definition) is 1. The van der Waals surface area contributed by atoms with E-state index in [1.807, 2.05) is 20.2 Å². The first kappa shape index (κ1) is 13.7. The number of aromatic nitrogens is 4. The maximum absolute atomic E-state index is 12.2. The molecular weight excluding hydrogens is 252 g/mol. The van der Waals surface area contributed by atoms with Crippen LogP contribution in [-0.2, 0) is 26.7 Å². The summed E-state index contributed by atoms with van der Waals surface area (Å²) in [5.74, 6) is 0.